The van der Waals surface area contributed by atoms with Crippen molar-refractivity contribution in [2.45, 2.75) is 56.6 Å². The zero-order valence-electron chi connectivity index (χ0n) is 22.2. The Balaban J connectivity index is 1.65. The molecule has 212 valence electrons. The lowest BCUT2D eigenvalue weighted by Crippen LogP contribution is -2.52. The molecule has 2 saturated heterocycles. The highest BCUT2D eigenvalue weighted by atomic mass is 19.3. The molecule has 39 heavy (non-hydrogen) atoms. The van der Waals surface area contributed by atoms with Crippen LogP contribution in [0, 0.1) is 11.3 Å². The van der Waals surface area contributed by atoms with Gasteiger partial charge in [0.25, 0.3) is 11.8 Å². The number of nitrogens with one attached hydrogen (secondary N) is 1. The highest BCUT2D eigenvalue weighted by Crippen LogP contribution is 2.33. The number of carbonyl (C=O) groups excluding carboxylic acids is 2. The van der Waals surface area contributed by atoms with E-state index in [1.165, 1.54) is 11.0 Å². The Morgan fingerprint density at radius 2 is 2.05 bits per heavy atom. The second-order valence-electron chi connectivity index (χ2n) is 10.3. The predicted molar refractivity (Wildman–Crippen MR) is 139 cm³/mol. The number of morpholine rings is 1. The molecule has 0 aliphatic carbocycles. The van der Waals surface area contributed by atoms with Gasteiger partial charge in [0, 0.05) is 25.0 Å². The first-order valence-electron chi connectivity index (χ1n) is 12.9. The minimum Gasteiger partial charge on any atom is -0.447 e. The molecule has 3 rings (SSSR count). The number of rotatable bonds is 10. The minimum atomic E-state index is -2.81. The summed E-state index contributed by atoms with van der Waals surface area (Å²) >= 11 is 0. The van der Waals surface area contributed by atoms with Gasteiger partial charge in [0.05, 0.1) is 31.8 Å². The van der Waals surface area contributed by atoms with Gasteiger partial charge in [-0.1, -0.05) is 30.3 Å². The lowest BCUT2D eigenvalue weighted by molar-refractivity contribution is -0.137. The monoisotopic (exact) mass is 548 g/mol. The Labute approximate surface area is 227 Å². The second-order valence-corrected chi connectivity index (χ2v) is 10.3. The molecule has 1 aromatic carbocycles. The van der Waals surface area contributed by atoms with Crippen molar-refractivity contribution >= 4 is 19.1 Å². The van der Waals surface area contributed by atoms with E-state index in [4.69, 9.17) is 9.47 Å². The maximum Gasteiger partial charge on any atom is 0.451 e. The zero-order chi connectivity index (χ0) is 28.6. The number of nitrogens with zero attached hydrogens (tertiary/aromatic N) is 3. The van der Waals surface area contributed by atoms with E-state index in [9.17, 15) is 33.7 Å². The molecule has 1 aromatic rings. The van der Waals surface area contributed by atoms with E-state index in [0.717, 1.165) is 5.56 Å². The molecule has 2 atom stereocenters. The van der Waals surface area contributed by atoms with Gasteiger partial charge >= 0.3 is 13.2 Å². The zero-order valence-corrected chi connectivity index (χ0v) is 22.2. The van der Waals surface area contributed by atoms with Gasteiger partial charge in [-0.25, -0.2) is 13.6 Å². The van der Waals surface area contributed by atoms with Crippen LogP contribution in [0.15, 0.2) is 42.0 Å². The third kappa shape index (κ3) is 8.73. The number of hydrogen-bond donors (Lipinski definition) is 3. The van der Waals surface area contributed by atoms with E-state index >= 15 is 0 Å². The van der Waals surface area contributed by atoms with Crippen molar-refractivity contribution in [2.24, 2.45) is 0 Å². The van der Waals surface area contributed by atoms with E-state index in [-0.39, 0.29) is 57.6 Å². The maximum absolute atomic E-state index is 13.8. The number of hydrogen-bond acceptors (Lipinski definition) is 8. The number of carbonyl (C=O) groups is 2. The summed E-state index contributed by atoms with van der Waals surface area (Å²) in [5, 5.41) is 31.0. The van der Waals surface area contributed by atoms with Crippen LogP contribution >= 0.6 is 0 Å². The summed E-state index contributed by atoms with van der Waals surface area (Å²) < 4.78 is 38.4. The Hall–Kier alpha value is -3.05. The number of ether oxygens (including phenoxy) is 2. The first kappa shape index (κ1) is 30.5. The lowest BCUT2D eigenvalue weighted by Gasteiger charge is -2.36. The van der Waals surface area contributed by atoms with Crippen LogP contribution < -0.4 is 5.32 Å². The summed E-state index contributed by atoms with van der Waals surface area (Å²) in [7, 11) is -1.53. The molecule has 0 spiro atoms. The van der Waals surface area contributed by atoms with E-state index in [1.54, 1.807) is 43.0 Å². The number of alkyl halides is 2. The fourth-order valence-electron chi connectivity index (χ4n) is 4.71. The average molecular weight is 548 g/mol. The van der Waals surface area contributed by atoms with Crippen molar-refractivity contribution < 1.29 is 37.9 Å². The molecule has 2 amide bonds. The summed E-state index contributed by atoms with van der Waals surface area (Å²) in [5.74, 6) is -3.40. The lowest BCUT2D eigenvalue weighted by atomic mass is 9.81. The summed E-state index contributed by atoms with van der Waals surface area (Å²) in [5.41, 5.74) is -0.374. The molecule has 10 nitrogen and oxygen atoms in total. The Morgan fingerprint density at radius 1 is 1.33 bits per heavy atom. The van der Waals surface area contributed by atoms with Crippen LogP contribution in [-0.4, -0.2) is 95.9 Å². The van der Waals surface area contributed by atoms with Gasteiger partial charge in [-0.15, -0.1) is 0 Å². The van der Waals surface area contributed by atoms with Gasteiger partial charge in [0.15, 0.2) is 0 Å². The number of halogens is 2. The van der Waals surface area contributed by atoms with Gasteiger partial charge in [-0.05, 0) is 38.2 Å². The molecule has 0 unspecified atom stereocenters. The Morgan fingerprint density at radius 3 is 2.67 bits per heavy atom. The molecule has 0 aromatic heterocycles. The molecule has 2 aliphatic heterocycles. The molecule has 2 aliphatic rings. The topological polar surface area (TPSA) is 135 Å². The highest BCUT2D eigenvalue weighted by Gasteiger charge is 2.43. The van der Waals surface area contributed by atoms with E-state index in [2.05, 4.69) is 5.32 Å². The number of alkyl carbamates (subject to hydrolysis) is 1. The highest BCUT2D eigenvalue weighted by molar-refractivity contribution is 6.40. The third-order valence-corrected chi connectivity index (χ3v) is 6.94. The third-order valence-electron chi connectivity index (χ3n) is 6.94. The van der Waals surface area contributed by atoms with Crippen molar-refractivity contribution in [2.75, 3.05) is 39.5 Å². The molecule has 0 radical (unpaired) electrons. The predicted octanol–water partition coefficient (Wildman–Crippen LogP) is 2.11. The van der Waals surface area contributed by atoms with Crippen LogP contribution in [0.25, 0.3) is 0 Å². The first-order chi connectivity index (χ1) is 18.4. The van der Waals surface area contributed by atoms with Crippen LogP contribution in [0.4, 0.5) is 13.6 Å². The molecule has 13 heteroatoms. The molecular formula is C26H35BF2N4O6. The van der Waals surface area contributed by atoms with Crippen molar-refractivity contribution in [3.63, 3.8) is 0 Å². The van der Waals surface area contributed by atoms with Crippen molar-refractivity contribution in [3.05, 3.63) is 47.5 Å². The van der Waals surface area contributed by atoms with Gasteiger partial charge in [0.1, 0.15) is 18.2 Å². The maximum atomic E-state index is 13.8. The fraction of sp³-hybridized carbons (Fsp3) is 0.577. The minimum absolute atomic E-state index is 0.0350. The number of amides is 2. The molecule has 2 fully saturated rings. The molecule has 2 heterocycles. The average Bonchev–Trinajstić information content (AvgIpc) is 3.29. The van der Waals surface area contributed by atoms with Crippen LogP contribution in [0.3, 0.4) is 0 Å². The summed E-state index contributed by atoms with van der Waals surface area (Å²) in [6.07, 6.45) is 0.658. The molecule has 0 saturated carbocycles. The summed E-state index contributed by atoms with van der Waals surface area (Å²) in [6, 6.07) is 9.71. The normalized spacial score (nSPS) is 20.7. The Kier molecular flexibility index (Phi) is 10.4. The molecular weight excluding hydrogens is 513 g/mol. The second kappa shape index (κ2) is 13.3. The summed E-state index contributed by atoms with van der Waals surface area (Å²) in [6.45, 7) is 3.33. The number of likely N-dealkylation sites (tertiary alicyclic amines) is 1. The molecule has 3 N–H and O–H groups in total. The quantitative estimate of drug-likeness (QED) is 0.230. The van der Waals surface area contributed by atoms with Gasteiger partial charge in [-0.3, -0.25) is 9.69 Å². The van der Waals surface area contributed by atoms with Crippen molar-refractivity contribution in [3.8, 4) is 6.07 Å². The van der Waals surface area contributed by atoms with E-state index < -0.39 is 49.2 Å². The van der Waals surface area contributed by atoms with Gasteiger partial charge in [-0.2, -0.15) is 5.26 Å². The number of nitriles is 1. The fourth-order valence-corrected chi connectivity index (χ4v) is 4.71. The number of benzene rings is 1. The first-order valence-corrected chi connectivity index (χ1v) is 12.9. The summed E-state index contributed by atoms with van der Waals surface area (Å²) in [4.78, 5) is 28.9. The van der Waals surface area contributed by atoms with E-state index in [0.29, 0.717) is 0 Å². The van der Waals surface area contributed by atoms with Crippen LogP contribution in [0.5, 0.6) is 0 Å². The van der Waals surface area contributed by atoms with Crippen molar-refractivity contribution in [1.29, 1.82) is 5.26 Å². The standard InChI is InChI=1S/C26H35BF2N4O6/c1-25(2,32-11-9-26(28,29)18-32)14-20(15-30)23(34)33-12-13-38-16-21(33)17-39-24(35)31-22(8-10-27(36)37)19-6-4-3-5-7-19/h3-7,14,21-22,36-37H,8-13,16-18H2,1-2H3,(H,31,35)/t21-,22-/m1/s1. The van der Waals surface area contributed by atoms with Crippen molar-refractivity contribution in [1.82, 2.24) is 15.1 Å². The smallest absolute Gasteiger partial charge is 0.447 e. The van der Waals surface area contributed by atoms with E-state index in [1.807, 2.05) is 12.1 Å². The SMILES string of the molecule is CC(C)(C=C(C#N)C(=O)N1CCOC[C@@H]1COC(=O)N[C@H](CCB(O)O)c1ccccc1)N1CCC(F)(F)C1. The van der Waals surface area contributed by atoms with Gasteiger partial charge in [0.2, 0.25) is 0 Å². The van der Waals surface area contributed by atoms with Crippen LogP contribution in [0.2, 0.25) is 6.32 Å². The van der Waals surface area contributed by atoms with Gasteiger partial charge < -0.3 is 29.7 Å². The van der Waals surface area contributed by atoms with Crippen LogP contribution in [0.1, 0.15) is 38.3 Å². The largest absolute Gasteiger partial charge is 0.451 e. The molecule has 0 bridgehead atoms. The Bertz CT molecular complexity index is 1070. The van der Waals surface area contributed by atoms with Crippen LogP contribution in [-0.2, 0) is 14.3 Å².